The Balaban J connectivity index is 1.71. The zero-order valence-electron chi connectivity index (χ0n) is 12.9. The van der Waals surface area contributed by atoms with Crippen molar-refractivity contribution in [3.05, 3.63) is 59.8 Å². The number of benzene rings is 2. The van der Waals surface area contributed by atoms with Gasteiger partial charge in [0.15, 0.2) is 5.69 Å². The lowest BCUT2D eigenvalue weighted by Crippen LogP contribution is -2.23. The molecular weight excluding hydrogens is 328 g/mol. The minimum atomic E-state index is -3.34. The molecule has 1 heterocycles. The number of amides is 1. The molecule has 1 aromatic heterocycles. The number of para-hydroxylation sites is 1. The molecule has 0 atom stereocenters. The molecule has 24 heavy (non-hydrogen) atoms. The number of nitrogens with zero attached hydrogens (tertiary/aromatic N) is 1. The van der Waals surface area contributed by atoms with Gasteiger partial charge in [0.25, 0.3) is 5.91 Å². The van der Waals surface area contributed by atoms with E-state index in [2.05, 4.69) is 20.2 Å². The van der Waals surface area contributed by atoms with E-state index < -0.39 is 10.0 Å². The maximum atomic E-state index is 12.3. The van der Waals surface area contributed by atoms with Gasteiger partial charge in [0.1, 0.15) is 0 Å². The summed E-state index contributed by atoms with van der Waals surface area (Å²) in [6, 6.07) is 14.2. The Kier molecular flexibility index (Phi) is 4.22. The van der Waals surface area contributed by atoms with E-state index in [-0.39, 0.29) is 12.5 Å². The predicted molar refractivity (Wildman–Crippen MR) is 92.2 cm³/mol. The van der Waals surface area contributed by atoms with Gasteiger partial charge in [-0.15, -0.1) is 0 Å². The molecule has 0 bridgehead atoms. The first-order valence-corrected chi connectivity index (χ1v) is 9.09. The highest BCUT2D eigenvalue weighted by Crippen LogP contribution is 2.15. The smallest absolute Gasteiger partial charge is 0.272 e. The average Bonchev–Trinajstić information content (AvgIpc) is 2.95. The summed E-state index contributed by atoms with van der Waals surface area (Å²) in [6.45, 7) is 0.263. The number of nitrogens with one attached hydrogen (secondary N) is 3. The minimum Gasteiger partial charge on any atom is -0.347 e. The van der Waals surface area contributed by atoms with Crippen LogP contribution >= 0.6 is 0 Å². The molecule has 0 unspecified atom stereocenters. The molecule has 3 N–H and O–H groups in total. The van der Waals surface area contributed by atoms with Crippen LogP contribution in [0.5, 0.6) is 0 Å². The number of H-pyrrole nitrogens is 1. The molecule has 2 aromatic carbocycles. The highest BCUT2D eigenvalue weighted by Gasteiger charge is 2.13. The van der Waals surface area contributed by atoms with E-state index in [4.69, 9.17) is 0 Å². The van der Waals surface area contributed by atoms with Crippen molar-refractivity contribution < 1.29 is 13.2 Å². The fourth-order valence-electron chi connectivity index (χ4n) is 2.36. The topological polar surface area (TPSA) is 104 Å². The molecule has 1 amide bonds. The number of aromatic nitrogens is 2. The Bertz CT molecular complexity index is 995. The fraction of sp³-hybridized carbons (Fsp3) is 0.125. The van der Waals surface area contributed by atoms with Crippen LogP contribution in [-0.2, 0) is 16.6 Å². The summed E-state index contributed by atoms with van der Waals surface area (Å²) in [6.07, 6.45) is 1.09. The number of hydrogen-bond acceptors (Lipinski definition) is 4. The van der Waals surface area contributed by atoms with Crippen LogP contribution in [0, 0.1) is 0 Å². The monoisotopic (exact) mass is 344 g/mol. The zero-order valence-corrected chi connectivity index (χ0v) is 13.7. The molecule has 0 aliphatic heterocycles. The second-order valence-corrected chi connectivity index (χ2v) is 7.12. The Morgan fingerprint density at radius 3 is 2.75 bits per heavy atom. The summed E-state index contributed by atoms with van der Waals surface area (Å²) < 4.78 is 24.9. The third-order valence-electron chi connectivity index (χ3n) is 3.37. The highest BCUT2D eigenvalue weighted by molar-refractivity contribution is 7.92. The lowest BCUT2D eigenvalue weighted by atomic mass is 10.2. The Morgan fingerprint density at radius 1 is 1.17 bits per heavy atom. The van der Waals surface area contributed by atoms with Crippen LogP contribution in [0.25, 0.3) is 10.9 Å². The summed E-state index contributed by atoms with van der Waals surface area (Å²) >= 11 is 0. The van der Waals surface area contributed by atoms with Crippen LogP contribution in [0.1, 0.15) is 16.1 Å². The number of hydrogen-bond donors (Lipinski definition) is 3. The Labute approximate surface area is 139 Å². The Morgan fingerprint density at radius 2 is 1.96 bits per heavy atom. The van der Waals surface area contributed by atoms with Gasteiger partial charge in [0, 0.05) is 17.6 Å². The van der Waals surface area contributed by atoms with E-state index >= 15 is 0 Å². The lowest BCUT2D eigenvalue weighted by Gasteiger charge is -2.07. The van der Waals surface area contributed by atoms with Gasteiger partial charge in [-0.2, -0.15) is 5.10 Å². The molecule has 0 fully saturated rings. The quantitative estimate of drug-likeness (QED) is 0.657. The molecule has 0 saturated carbocycles. The highest BCUT2D eigenvalue weighted by atomic mass is 32.2. The van der Waals surface area contributed by atoms with Gasteiger partial charge >= 0.3 is 0 Å². The summed E-state index contributed by atoms with van der Waals surface area (Å²) in [5.74, 6) is -0.297. The van der Waals surface area contributed by atoms with Gasteiger partial charge in [0.05, 0.1) is 11.8 Å². The molecule has 0 spiro atoms. The predicted octanol–water partition coefficient (Wildman–Crippen LogP) is 1.86. The van der Waals surface area contributed by atoms with Crippen molar-refractivity contribution in [2.24, 2.45) is 0 Å². The lowest BCUT2D eigenvalue weighted by molar-refractivity contribution is 0.0947. The van der Waals surface area contributed by atoms with Crippen molar-refractivity contribution in [1.82, 2.24) is 15.5 Å². The molecule has 3 aromatic rings. The summed E-state index contributed by atoms with van der Waals surface area (Å²) in [4.78, 5) is 12.3. The maximum absolute atomic E-state index is 12.3. The van der Waals surface area contributed by atoms with Crippen molar-refractivity contribution in [3.8, 4) is 0 Å². The number of carbonyl (C=O) groups is 1. The van der Waals surface area contributed by atoms with Crippen LogP contribution in [0.15, 0.2) is 48.5 Å². The van der Waals surface area contributed by atoms with Crippen LogP contribution in [0.4, 0.5) is 5.69 Å². The maximum Gasteiger partial charge on any atom is 0.272 e. The number of carbonyl (C=O) groups excluding carboxylic acids is 1. The summed E-state index contributed by atoms with van der Waals surface area (Å²) in [7, 11) is -3.34. The normalized spacial score (nSPS) is 11.4. The van der Waals surface area contributed by atoms with Gasteiger partial charge in [-0.3, -0.25) is 14.6 Å². The number of fused-ring (bicyclic) bond motifs is 1. The fourth-order valence-corrected chi connectivity index (χ4v) is 2.92. The minimum absolute atomic E-state index is 0.263. The third kappa shape index (κ3) is 3.72. The number of rotatable bonds is 5. The first-order chi connectivity index (χ1) is 11.4. The number of aromatic amines is 1. The molecule has 8 heteroatoms. The van der Waals surface area contributed by atoms with E-state index in [1.54, 1.807) is 24.3 Å². The van der Waals surface area contributed by atoms with Gasteiger partial charge in [0.2, 0.25) is 10.0 Å². The van der Waals surface area contributed by atoms with E-state index in [9.17, 15) is 13.2 Å². The van der Waals surface area contributed by atoms with E-state index in [0.29, 0.717) is 11.4 Å². The second kappa shape index (κ2) is 6.32. The molecule has 0 radical (unpaired) electrons. The SMILES string of the molecule is CS(=O)(=O)Nc1cccc(CNC(=O)c2n[nH]c3ccccc23)c1. The molecular formula is C16H16N4O3S. The second-order valence-electron chi connectivity index (χ2n) is 5.38. The van der Waals surface area contributed by atoms with Crippen molar-refractivity contribution in [2.75, 3.05) is 11.0 Å². The molecule has 124 valence electrons. The average molecular weight is 344 g/mol. The van der Waals surface area contributed by atoms with Crippen LogP contribution in [-0.4, -0.2) is 30.8 Å². The summed E-state index contributed by atoms with van der Waals surface area (Å²) in [5.41, 5.74) is 2.35. The molecule has 0 saturated heterocycles. The first kappa shape index (κ1) is 16.0. The molecule has 3 rings (SSSR count). The third-order valence-corrected chi connectivity index (χ3v) is 3.98. The first-order valence-electron chi connectivity index (χ1n) is 7.20. The van der Waals surface area contributed by atoms with Gasteiger partial charge in [-0.05, 0) is 23.8 Å². The number of sulfonamides is 1. The Hall–Kier alpha value is -2.87. The van der Waals surface area contributed by atoms with Crippen molar-refractivity contribution in [3.63, 3.8) is 0 Å². The number of anilines is 1. The van der Waals surface area contributed by atoms with Crippen LogP contribution in [0.3, 0.4) is 0 Å². The zero-order chi connectivity index (χ0) is 17.2. The molecule has 0 aliphatic rings. The van der Waals surface area contributed by atoms with Crippen molar-refractivity contribution in [1.29, 1.82) is 0 Å². The van der Waals surface area contributed by atoms with E-state index in [1.165, 1.54) is 0 Å². The molecule has 7 nitrogen and oxygen atoms in total. The van der Waals surface area contributed by atoms with Crippen LogP contribution < -0.4 is 10.0 Å². The van der Waals surface area contributed by atoms with Crippen LogP contribution in [0.2, 0.25) is 0 Å². The van der Waals surface area contributed by atoms with E-state index in [0.717, 1.165) is 22.7 Å². The van der Waals surface area contributed by atoms with E-state index in [1.807, 2.05) is 24.3 Å². The largest absolute Gasteiger partial charge is 0.347 e. The molecule has 0 aliphatic carbocycles. The van der Waals surface area contributed by atoms with Gasteiger partial charge < -0.3 is 5.32 Å². The standard InChI is InChI=1S/C16H16N4O3S/c1-24(22,23)20-12-6-4-5-11(9-12)10-17-16(21)15-13-7-2-3-8-14(13)18-19-15/h2-9,20H,10H2,1H3,(H,17,21)(H,18,19). The van der Waals surface area contributed by atoms with Gasteiger partial charge in [-0.1, -0.05) is 30.3 Å². The van der Waals surface area contributed by atoms with Gasteiger partial charge in [-0.25, -0.2) is 8.42 Å². The van der Waals surface area contributed by atoms with Crippen molar-refractivity contribution >= 4 is 32.5 Å². The van der Waals surface area contributed by atoms with Crippen molar-refractivity contribution in [2.45, 2.75) is 6.54 Å². The summed E-state index contributed by atoms with van der Waals surface area (Å²) in [5, 5.41) is 10.4.